The fraction of sp³-hybridized carbons (Fsp3) is 0.474. The average molecular weight is 369 g/mol. The van der Waals surface area contributed by atoms with Gasteiger partial charge in [0.05, 0.1) is 18.8 Å². The monoisotopic (exact) mass is 369 g/mol. The van der Waals surface area contributed by atoms with E-state index in [0.717, 1.165) is 24.4 Å². The van der Waals surface area contributed by atoms with Gasteiger partial charge in [0, 0.05) is 37.6 Å². The lowest BCUT2D eigenvalue weighted by Crippen LogP contribution is -2.44. The van der Waals surface area contributed by atoms with Crippen molar-refractivity contribution in [3.63, 3.8) is 0 Å². The predicted octanol–water partition coefficient (Wildman–Crippen LogP) is 1.48. The number of aromatic nitrogens is 3. The number of amides is 2. The van der Waals surface area contributed by atoms with Crippen LogP contribution in [0.1, 0.15) is 30.3 Å². The van der Waals surface area contributed by atoms with Gasteiger partial charge in [-0.3, -0.25) is 14.7 Å². The number of nitrogens with zero attached hydrogens (tertiary/aromatic N) is 5. The van der Waals surface area contributed by atoms with Crippen LogP contribution in [0.4, 0.5) is 4.79 Å². The highest BCUT2D eigenvalue weighted by atomic mass is 16.6. The second-order valence-corrected chi connectivity index (χ2v) is 6.93. The largest absolute Gasteiger partial charge is 0.448 e. The first-order valence-corrected chi connectivity index (χ1v) is 9.31. The summed E-state index contributed by atoms with van der Waals surface area (Å²) in [6.07, 6.45) is 6.96. The summed E-state index contributed by atoms with van der Waals surface area (Å²) in [5, 5.41) is 0. The molecule has 27 heavy (non-hydrogen) atoms. The average Bonchev–Trinajstić information content (AvgIpc) is 3.32. The van der Waals surface area contributed by atoms with E-state index < -0.39 is 6.09 Å². The fourth-order valence-electron chi connectivity index (χ4n) is 3.70. The number of cyclic esters (lactones) is 1. The Hall–Kier alpha value is -2.90. The van der Waals surface area contributed by atoms with Gasteiger partial charge in [0.25, 0.3) is 0 Å². The number of carbonyl (C=O) groups is 2. The number of ether oxygens (including phenoxy) is 1. The molecule has 142 valence electrons. The number of imidazole rings is 1. The first-order chi connectivity index (χ1) is 13.2. The molecule has 8 heteroatoms. The molecule has 2 saturated heterocycles. The molecule has 2 aliphatic heterocycles. The van der Waals surface area contributed by atoms with Crippen molar-refractivity contribution in [2.45, 2.75) is 25.3 Å². The topological polar surface area (TPSA) is 80.6 Å². The smallest absolute Gasteiger partial charge is 0.410 e. The van der Waals surface area contributed by atoms with Crippen molar-refractivity contribution in [3.05, 3.63) is 48.3 Å². The summed E-state index contributed by atoms with van der Waals surface area (Å²) in [6, 6.07) is 5.90. The summed E-state index contributed by atoms with van der Waals surface area (Å²) in [4.78, 5) is 36.2. The van der Waals surface area contributed by atoms with Crippen molar-refractivity contribution in [3.8, 4) is 0 Å². The van der Waals surface area contributed by atoms with E-state index in [4.69, 9.17) is 4.74 Å². The maximum Gasteiger partial charge on any atom is 0.410 e. The lowest BCUT2D eigenvalue weighted by atomic mass is 9.95. The lowest BCUT2D eigenvalue weighted by molar-refractivity contribution is -0.132. The minimum atomic E-state index is -0.394. The lowest BCUT2D eigenvalue weighted by Gasteiger charge is -2.32. The van der Waals surface area contributed by atoms with Crippen molar-refractivity contribution in [1.82, 2.24) is 24.3 Å². The molecule has 2 amide bonds. The Morgan fingerprint density at radius 3 is 2.70 bits per heavy atom. The molecule has 2 aromatic heterocycles. The minimum Gasteiger partial charge on any atom is -0.448 e. The molecule has 0 bridgehead atoms. The van der Waals surface area contributed by atoms with E-state index in [1.54, 1.807) is 6.20 Å². The zero-order chi connectivity index (χ0) is 18.6. The molecule has 2 fully saturated rings. The van der Waals surface area contributed by atoms with Crippen molar-refractivity contribution in [2.75, 3.05) is 32.8 Å². The third-order valence-electron chi connectivity index (χ3n) is 5.19. The third-order valence-corrected chi connectivity index (χ3v) is 5.19. The summed E-state index contributed by atoms with van der Waals surface area (Å²) in [5.41, 5.74) is 1.00. The van der Waals surface area contributed by atoms with Crippen LogP contribution in [0.25, 0.3) is 0 Å². The molecule has 0 N–H and O–H groups in total. The molecule has 2 aliphatic rings. The van der Waals surface area contributed by atoms with E-state index in [9.17, 15) is 9.59 Å². The van der Waals surface area contributed by atoms with Crippen LogP contribution >= 0.6 is 0 Å². The summed E-state index contributed by atoms with van der Waals surface area (Å²) in [5.74, 6) is 1.37. The van der Waals surface area contributed by atoms with Gasteiger partial charge in [-0.1, -0.05) is 6.07 Å². The summed E-state index contributed by atoms with van der Waals surface area (Å²) in [6.45, 7) is 3.04. The molecule has 0 radical (unpaired) electrons. The van der Waals surface area contributed by atoms with Gasteiger partial charge in [0.2, 0.25) is 5.91 Å². The molecule has 4 rings (SSSR count). The minimum absolute atomic E-state index is 0.0101. The molecule has 0 atom stereocenters. The first-order valence-electron chi connectivity index (χ1n) is 9.31. The van der Waals surface area contributed by atoms with Gasteiger partial charge in [-0.25, -0.2) is 9.78 Å². The molecule has 2 aromatic rings. The number of hydrogen-bond acceptors (Lipinski definition) is 5. The molecule has 0 unspecified atom stereocenters. The number of pyridine rings is 1. The Kier molecular flexibility index (Phi) is 5.04. The predicted molar refractivity (Wildman–Crippen MR) is 97.0 cm³/mol. The van der Waals surface area contributed by atoms with Crippen LogP contribution in [-0.4, -0.2) is 69.1 Å². The second-order valence-electron chi connectivity index (χ2n) is 6.93. The Balaban J connectivity index is 1.34. The van der Waals surface area contributed by atoms with Gasteiger partial charge in [0.1, 0.15) is 19.0 Å². The van der Waals surface area contributed by atoms with Gasteiger partial charge >= 0.3 is 6.09 Å². The van der Waals surface area contributed by atoms with Crippen LogP contribution in [0.15, 0.2) is 36.8 Å². The van der Waals surface area contributed by atoms with Crippen LogP contribution in [0.3, 0.4) is 0 Å². The normalized spacial score (nSPS) is 18.0. The first kappa shape index (κ1) is 17.5. The number of likely N-dealkylation sites (tertiary alicyclic amines) is 1. The zero-order valence-corrected chi connectivity index (χ0v) is 15.2. The highest BCUT2D eigenvalue weighted by Gasteiger charge is 2.30. The van der Waals surface area contributed by atoms with E-state index in [2.05, 4.69) is 14.5 Å². The van der Waals surface area contributed by atoms with Gasteiger partial charge in [-0.05, 0) is 25.0 Å². The molecule has 4 heterocycles. The second kappa shape index (κ2) is 7.77. The van der Waals surface area contributed by atoms with Crippen molar-refractivity contribution >= 4 is 12.0 Å². The number of carbonyl (C=O) groups excluding carboxylic acids is 2. The SMILES string of the molecule is O=C(CN1CCOC1=O)N1CCC(c2nccn2Cc2ccccn2)CC1. The van der Waals surface area contributed by atoms with E-state index in [0.29, 0.717) is 38.7 Å². The van der Waals surface area contributed by atoms with Gasteiger partial charge in [-0.2, -0.15) is 0 Å². The van der Waals surface area contributed by atoms with Crippen LogP contribution in [0.2, 0.25) is 0 Å². The van der Waals surface area contributed by atoms with E-state index >= 15 is 0 Å². The van der Waals surface area contributed by atoms with Gasteiger partial charge in [0.15, 0.2) is 0 Å². The van der Waals surface area contributed by atoms with Crippen LogP contribution in [0.5, 0.6) is 0 Å². The summed E-state index contributed by atoms with van der Waals surface area (Å²) >= 11 is 0. The Morgan fingerprint density at radius 2 is 2.00 bits per heavy atom. The van der Waals surface area contributed by atoms with Crippen LogP contribution in [-0.2, 0) is 16.1 Å². The standard InChI is InChI=1S/C19H23N5O3/c25-17(14-24-11-12-27-19(24)26)22-8-4-15(5-9-22)18-21-7-10-23(18)13-16-3-1-2-6-20-16/h1-3,6-7,10,15H,4-5,8-9,11-14H2. The Labute approximate surface area is 157 Å². The van der Waals surface area contributed by atoms with E-state index in [1.807, 2.05) is 35.5 Å². The van der Waals surface area contributed by atoms with Crippen LogP contribution in [0, 0.1) is 0 Å². The molecule has 0 spiro atoms. The molecule has 0 aliphatic carbocycles. The summed E-state index contributed by atoms with van der Waals surface area (Å²) in [7, 11) is 0. The van der Waals surface area contributed by atoms with E-state index in [-0.39, 0.29) is 12.5 Å². The zero-order valence-electron chi connectivity index (χ0n) is 15.2. The highest BCUT2D eigenvalue weighted by Crippen LogP contribution is 2.27. The van der Waals surface area contributed by atoms with Crippen molar-refractivity contribution in [2.24, 2.45) is 0 Å². The molecule has 8 nitrogen and oxygen atoms in total. The van der Waals surface area contributed by atoms with E-state index in [1.165, 1.54) is 4.90 Å². The maximum absolute atomic E-state index is 12.4. The molecule has 0 aromatic carbocycles. The maximum atomic E-state index is 12.4. The van der Waals surface area contributed by atoms with Gasteiger partial charge in [-0.15, -0.1) is 0 Å². The van der Waals surface area contributed by atoms with Crippen molar-refractivity contribution < 1.29 is 14.3 Å². The Bertz CT molecular complexity index is 799. The molecular weight excluding hydrogens is 346 g/mol. The fourth-order valence-corrected chi connectivity index (χ4v) is 3.70. The third kappa shape index (κ3) is 3.94. The molecular formula is C19H23N5O3. The number of piperidine rings is 1. The molecule has 0 saturated carbocycles. The van der Waals surface area contributed by atoms with Crippen LogP contribution < -0.4 is 0 Å². The summed E-state index contributed by atoms with van der Waals surface area (Å²) < 4.78 is 7.03. The quantitative estimate of drug-likeness (QED) is 0.798. The Morgan fingerprint density at radius 1 is 1.15 bits per heavy atom. The van der Waals surface area contributed by atoms with Gasteiger partial charge < -0.3 is 14.2 Å². The van der Waals surface area contributed by atoms with Crippen molar-refractivity contribution in [1.29, 1.82) is 0 Å². The number of rotatable bonds is 5. The number of hydrogen-bond donors (Lipinski definition) is 0. The highest BCUT2D eigenvalue weighted by molar-refractivity contribution is 5.83.